The van der Waals surface area contributed by atoms with Gasteiger partial charge in [-0.15, -0.1) is 0 Å². The molecular formula is C15H31NO. The number of aliphatic hydroxyl groups excluding tert-OH is 1. The molecule has 2 heteroatoms. The van der Waals surface area contributed by atoms with E-state index in [1.54, 1.807) is 0 Å². The average Bonchev–Trinajstić information content (AvgIpc) is 2.14. The molecule has 0 heterocycles. The van der Waals surface area contributed by atoms with Crippen molar-refractivity contribution < 1.29 is 5.11 Å². The minimum absolute atomic E-state index is 0.164. The number of hydrogen-bond acceptors (Lipinski definition) is 2. The average molecular weight is 241 g/mol. The van der Waals surface area contributed by atoms with Crippen LogP contribution in [0.15, 0.2) is 0 Å². The Bertz CT molecular complexity index is 234. The summed E-state index contributed by atoms with van der Waals surface area (Å²) in [6.07, 6.45) is 5.01. The maximum Gasteiger partial charge on any atom is 0.0499 e. The molecule has 0 aliphatic heterocycles. The minimum Gasteiger partial charge on any atom is -0.396 e. The summed E-state index contributed by atoms with van der Waals surface area (Å²) >= 11 is 0. The van der Waals surface area contributed by atoms with E-state index in [0.29, 0.717) is 12.0 Å². The molecule has 2 atom stereocenters. The van der Waals surface area contributed by atoms with Crippen molar-refractivity contribution in [1.29, 1.82) is 0 Å². The minimum atomic E-state index is 0.164. The van der Waals surface area contributed by atoms with Crippen LogP contribution in [0, 0.1) is 16.7 Å². The van der Waals surface area contributed by atoms with E-state index in [9.17, 15) is 5.11 Å². The van der Waals surface area contributed by atoms with Crippen molar-refractivity contribution in [3.63, 3.8) is 0 Å². The van der Waals surface area contributed by atoms with Gasteiger partial charge in [-0.25, -0.2) is 0 Å². The summed E-state index contributed by atoms with van der Waals surface area (Å²) in [6, 6.07) is 0. The van der Waals surface area contributed by atoms with Crippen LogP contribution in [0.2, 0.25) is 0 Å². The Morgan fingerprint density at radius 2 is 2.00 bits per heavy atom. The Hall–Kier alpha value is -0.0800. The standard InChI is InChI=1S/C15H31NO/c1-13-7-6-8-15(9-13,12-17)11-16(5)10-14(2,3)4/h13,17H,6-12H2,1-5H3. The molecule has 1 N–H and O–H groups in total. The van der Waals surface area contributed by atoms with Crippen molar-refractivity contribution in [2.75, 3.05) is 26.7 Å². The van der Waals surface area contributed by atoms with E-state index in [1.807, 2.05) is 0 Å². The normalized spacial score (nSPS) is 30.9. The molecule has 0 amide bonds. The van der Waals surface area contributed by atoms with Crippen molar-refractivity contribution in [2.45, 2.75) is 53.4 Å². The molecular weight excluding hydrogens is 210 g/mol. The van der Waals surface area contributed by atoms with Gasteiger partial charge >= 0.3 is 0 Å². The van der Waals surface area contributed by atoms with Crippen LogP contribution in [0.5, 0.6) is 0 Å². The Kier molecular flexibility index (Phi) is 5.03. The van der Waals surface area contributed by atoms with Gasteiger partial charge in [-0.05, 0) is 31.2 Å². The van der Waals surface area contributed by atoms with Crippen molar-refractivity contribution in [2.24, 2.45) is 16.7 Å². The molecule has 0 aromatic rings. The highest BCUT2D eigenvalue weighted by atomic mass is 16.3. The first kappa shape index (κ1) is 15.0. The van der Waals surface area contributed by atoms with E-state index in [2.05, 4.69) is 39.6 Å². The summed E-state index contributed by atoms with van der Waals surface area (Å²) in [4.78, 5) is 2.41. The SMILES string of the molecule is CC1CCCC(CO)(CN(C)CC(C)(C)C)C1. The van der Waals surface area contributed by atoms with Crippen LogP contribution in [0.3, 0.4) is 0 Å². The fourth-order valence-corrected chi connectivity index (χ4v) is 3.54. The van der Waals surface area contributed by atoms with Gasteiger partial charge in [0, 0.05) is 25.1 Å². The molecule has 1 saturated carbocycles. The molecule has 1 aliphatic carbocycles. The summed E-state index contributed by atoms with van der Waals surface area (Å²) < 4.78 is 0. The first-order chi connectivity index (χ1) is 7.76. The predicted octanol–water partition coefficient (Wildman–Crippen LogP) is 3.15. The molecule has 1 fully saturated rings. The first-order valence-electron chi connectivity index (χ1n) is 7.06. The second-order valence-electron chi connectivity index (χ2n) is 7.59. The van der Waals surface area contributed by atoms with Crippen LogP contribution in [-0.4, -0.2) is 36.8 Å². The second-order valence-corrected chi connectivity index (χ2v) is 7.59. The van der Waals surface area contributed by atoms with Crippen LogP contribution in [-0.2, 0) is 0 Å². The third-order valence-electron chi connectivity index (χ3n) is 3.87. The quantitative estimate of drug-likeness (QED) is 0.817. The summed E-state index contributed by atoms with van der Waals surface area (Å²) in [6.45, 7) is 11.7. The molecule has 0 saturated heterocycles. The van der Waals surface area contributed by atoms with E-state index in [1.165, 1.54) is 25.7 Å². The number of hydrogen-bond donors (Lipinski definition) is 1. The van der Waals surface area contributed by atoms with Gasteiger partial charge in [-0.1, -0.05) is 40.5 Å². The van der Waals surface area contributed by atoms with Crippen molar-refractivity contribution in [3.8, 4) is 0 Å². The van der Waals surface area contributed by atoms with Crippen LogP contribution in [0.4, 0.5) is 0 Å². The monoisotopic (exact) mass is 241 g/mol. The highest BCUT2D eigenvalue weighted by Gasteiger charge is 2.35. The zero-order chi connectivity index (χ0) is 13.1. The molecule has 17 heavy (non-hydrogen) atoms. The highest BCUT2D eigenvalue weighted by Crippen LogP contribution is 2.39. The van der Waals surface area contributed by atoms with E-state index < -0.39 is 0 Å². The third kappa shape index (κ3) is 4.97. The van der Waals surface area contributed by atoms with Crippen molar-refractivity contribution >= 4 is 0 Å². The topological polar surface area (TPSA) is 23.5 Å². The maximum atomic E-state index is 9.78. The lowest BCUT2D eigenvalue weighted by Gasteiger charge is -2.42. The molecule has 1 aliphatic rings. The van der Waals surface area contributed by atoms with Gasteiger partial charge < -0.3 is 10.0 Å². The summed E-state index contributed by atoms with van der Waals surface area (Å²) in [5, 5.41) is 9.78. The highest BCUT2D eigenvalue weighted by molar-refractivity contribution is 4.87. The molecule has 0 aromatic heterocycles. The van der Waals surface area contributed by atoms with Crippen LogP contribution in [0.25, 0.3) is 0 Å². The van der Waals surface area contributed by atoms with Gasteiger partial charge in [-0.2, -0.15) is 0 Å². The van der Waals surface area contributed by atoms with Crippen LogP contribution in [0.1, 0.15) is 53.4 Å². The lowest BCUT2D eigenvalue weighted by molar-refractivity contribution is 0.0235. The Morgan fingerprint density at radius 1 is 1.35 bits per heavy atom. The van der Waals surface area contributed by atoms with Crippen molar-refractivity contribution in [3.05, 3.63) is 0 Å². The van der Waals surface area contributed by atoms with Gasteiger partial charge in [0.2, 0.25) is 0 Å². The van der Waals surface area contributed by atoms with Gasteiger partial charge in [0.25, 0.3) is 0 Å². The smallest absolute Gasteiger partial charge is 0.0499 e. The molecule has 2 unspecified atom stereocenters. The number of aliphatic hydroxyl groups is 1. The van der Waals surface area contributed by atoms with Gasteiger partial charge in [-0.3, -0.25) is 0 Å². The van der Waals surface area contributed by atoms with Gasteiger partial charge in [0.1, 0.15) is 0 Å². The van der Waals surface area contributed by atoms with Crippen molar-refractivity contribution in [1.82, 2.24) is 4.90 Å². The van der Waals surface area contributed by atoms with E-state index in [4.69, 9.17) is 0 Å². The zero-order valence-electron chi connectivity index (χ0n) is 12.4. The summed E-state index contributed by atoms with van der Waals surface area (Å²) in [5.41, 5.74) is 0.503. The second kappa shape index (κ2) is 5.71. The molecule has 102 valence electrons. The van der Waals surface area contributed by atoms with Crippen LogP contribution >= 0.6 is 0 Å². The van der Waals surface area contributed by atoms with Crippen LogP contribution < -0.4 is 0 Å². The van der Waals surface area contributed by atoms with E-state index >= 15 is 0 Å². The molecule has 0 radical (unpaired) electrons. The lowest BCUT2D eigenvalue weighted by atomic mass is 9.70. The fourth-order valence-electron chi connectivity index (χ4n) is 3.54. The zero-order valence-corrected chi connectivity index (χ0v) is 12.4. The molecule has 1 rings (SSSR count). The lowest BCUT2D eigenvalue weighted by Crippen LogP contribution is -2.43. The number of rotatable bonds is 4. The van der Waals surface area contributed by atoms with Gasteiger partial charge in [0.05, 0.1) is 0 Å². The summed E-state index contributed by atoms with van der Waals surface area (Å²) in [7, 11) is 2.20. The largest absolute Gasteiger partial charge is 0.396 e. The summed E-state index contributed by atoms with van der Waals surface area (Å²) in [5.74, 6) is 0.777. The molecule has 0 aromatic carbocycles. The van der Waals surface area contributed by atoms with E-state index in [-0.39, 0.29) is 5.41 Å². The Balaban J connectivity index is 2.56. The Labute approximate surface area is 107 Å². The Morgan fingerprint density at radius 3 is 2.47 bits per heavy atom. The molecule has 0 spiro atoms. The van der Waals surface area contributed by atoms with Gasteiger partial charge in [0.15, 0.2) is 0 Å². The van der Waals surface area contributed by atoms with E-state index in [0.717, 1.165) is 19.0 Å². The first-order valence-corrected chi connectivity index (χ1v) is 7.06. The predicted molar refractivity (Wildman–Crippen MR) is 74.1 cm³/mol. The molecule has 2 nitrogen and oxygen atoms in total. The maximum absolute atomic E-state index is 9.78. The molecule has 0 bridgehead atoms. The number of nitrogens with zero attached hydrogens (tertiary/aromatic N) is 1. The third-order valence-corrected chi connectivity index (χ3v) is 3.87. The fraction of sp³-hybridized carbons (Fsp3) is 1.00.